The van der Waals surface area contributed by atoms with Crippen LogP contribution in [0.2, 0.25) is 0 Å². The van der Waals surface area contributed by atoms with E-state index in [0.29, 0.717) is 0 Å². The molecule has 0 spiro atoms. The molecule has 1 aromatic carbocycles. The van der Waals surface area contributed by atoms with Gasteiger partial charge in [0, 0.05) is 5.56 Å². The molecule has 1 rings (SSSR count). The molecule has 18 heavy (non-hydrogen) atoms. The standard InChI is InChI=1S/C12H14F2O4/c1-7(10(15)16)12(2,17)8-5-3-4-6-9(8)18-11(13)14/h3-7,11,17H,1-2H3,(H,15,16). The Morgan fingerprint density at radius 2 is 1.94 bits per heavy atom. The summed E-state index contributed by atoms with van der Waals surface area (Å²) in [5.41, 5.74) is -1.79. The highest BCUT2D eigenvalue weighted by molar-refractivity contribution is 5.71. The zero-order chi connectivity index (χ0) is 13.9. The Morgan fingerprint density at radius 1 is 1.39 bits per heavy atom. The van der Waals surface area contributed by atoms with E-state index in [0.717, 1.165) is 0 Å². The first-order valence-electron chi connectivity index (χ1n) is 5.26. The second-order valence-electron chi connectivity index (χ2n) is 4.08. The monoisotopic (exact) mass is 260 g/mol. The minimum absolute atomic E-state index is 0.0141. The fraction of sp³-hybridized carbons (Fsp3) is 0.417. The summed E-state index contributed by atoms with van der Waals surface area (Å²) in [6, 6.07) is 5.58. The molecule has 2 atom stereocenters. The van der Waals surface area contributed by atoms with Gasteiger partial charge in [-0.3, -0.25) is 4.79 Å². The van der Waals surface area contributed by atoms with Crippen molar-refractivity contribution in [2.45, 2.75) is 26.1 Å². The van der Waals surface area contributed by atoms with E-state index in [2.05, 4.69) is 4.74 Å². The van der Waals surface area contributed by atoms with E-state index in [1.54, 1.807) is 0 Å². The Balaban J connectivity index is 3.19. The number of benzene rings is 1. The largest absolute Gasteiger partial charge is 0.481 e. The number of alkyl halides is 2. The first-order chi connectivity index (χ1) is 8.26. The third-order valence-corrected chi connectivity index (χ3v) is 2.86. The summed E-state index contributed by atoms with van der Waals surface area (Å²) < 4.78 is 28.7. The molecule has 0 fully saturated rings. The Morgan fingerprint density at radius 3 is 2.44 bits per heavy atom. The number of aliphatic carboxylic acids is 1. The smallest absolute Gasteiger partial charge is 0.387 e. The number of hydrogen-bond donors (Lipinski definition) is 2. The molecule has 0 saturated carbocycles. The molecule has 0 heterocycles. The van der Waals surface area contributed by atoms with Crippen LogP contribution < -0.4 is 4.74 Å². The molecule has 0 radical (unpaired) electrons. The SMILES string of the molecule is CC(C(=O)O)C(C)(O)c1ccccc1OC(F)F. The summed E-state index contributed by atoms with van der Waals surface area (Å²) in [6.07, 6.45) is 0. The van der Waals surface area contributed by atoms with Crippen LogP contribution in [0.15, 0.2) is 24.3 Å². The van der Waals surface area contributed by atoms with E-state index in [1.165, 1.54) is 38.1 Å². The molecular formula is C12H14F2O4. The highest BCUT2D eigenvalue weighted by atomic mass is 19.3. The lowest BCUT2D eigenvalue weighted by Gasteiger charge is -2.29. The number of carboxylic acids is 1. The predicted molar refractivity (Wildman–Crippen MR) is 59.4 cm³/mol. The lowest BCUT2D eigenvalue weighted by molar-refractivity contribution is -0.150. The van der Waals surface area contributed by atoms with E-state index in [9.17, 15) is 18.7 Å². The number of ether oxygens (including phenoxy) is 1. The topological polar surface area (TPSA) is 66.8 Å². The van der Waals surface area contributed by atoms with Gasteiger partial charge in [-0.1, -0.05) is 18.2 Å². The average molecular weight is 260 g/mol. The predicted octanol–water partition coefficient (Wildman–Crippen LogP) is 2.22. The first kappa shape index (κ1) is 14.4. The van der Waals surface area contributed by atoms with Crippen LogP contribution in [0.25, 0.3) is 0 Å². The maximum atomic E-state index is 12.2. The summed E-state index contributed by atoms with van der Waals surface area (Å²) in [5.74, 6) is -2.63. The van der Waals surface area contributed by atoms with Crippen molar-refractivity contribution in [3.05, 3.63) is 29.8 Å². The Kier molecular flexibility index (Phi) is 4.24. The number of para-hydroxylation sites is 1. The molecule has 2 unspecified atom stereocenters. The fourth-order valence-electron chi connectivity index (χ4n) is 1.56. The van der Waals surface area contributed by atoms with E-state index in [-0.39, 0.29) is 11.3 Å². The van der Waals surface area contributed by atoms with Crippen LogP contribution in [0.3, 0.4) is 0 Å². The number of hydrogen-bond acceptors (Lipinski definition) is 3. The van der Waals surface area contributed by atoms with Crippen LogP contribution >= 0.6 is 0 Å². The average Bonchev–Trinajstić information content (AvgIpc) is 2.27. The van der Waals surface area contributed by atoms with Crippen molar-refractivity contribution < 1.29 is 28.5 Å². The normalized spacial score (nSPS) is 16.1. The van der Waals surface area contributed by atoms with Crippen molar-refractivity contribution in [1.82, 2.24) is 0 Å². The van der Waals surface area contributed by atoms with Crippen molar-refractivity contribution in [2.75, 3.05) is 0 Å². The van der Waals surface area contributed by atoms with Crippen molar-refractivity contribution in [3.63, 3.8) is 0 Å². The van der Waals surface area contributed by atoms with Crippen LogP contribution in [-0.4, -0.2) is 22.8 Å². The summed E-state index contributed by atoms with van der Waals surface area (Å²) in [4.78, 5) is 10.9. The van der Waals surface area contributed by atoms with Crippen molar-refractivity contribution >= 4 is 5.97 Å². The summed E-state index contributed by atoms with van der Waals surface area (Å²) in [7, 11) is 0. The molecule has 4 nitrogen and oxygen atoms in total. The Labute approximate surface area is 103 Å². The first-order valence-corrected chi connectivity index (χ1v) is 5.26. The van der Waals surface area contributed by atoms with Crippen LogP contribution in [0, 0.1) is 5.92 Å². The van der Waals surface area contributed by atoms with Crippen molar-refractivity contribution in [1.29, 1.82) is 0 Å². The number of aliphatic hydroxyl groups is 1. The van der Waals surface area contributed by atoms with Gasteiger partial charge in [0.15, 0.2) is 0 Å². The second-order valence-corrected chi connectivity index (χ2v) is 4.08. The van der Waals surface area contributed by atoms with Crippen molar-refractivity contribution in [3.8, 4) is 5.75 Å². The second kappa shape index (κ2) is 5.30. The quantitative estimate of drug-likeness (QED) is 0.851. The van der Waals surface area contributed by atoms with Gasteiger partial charge in [0.25, 0.3) is 0 Å². The molecule has 0 aliphatic carbocycles. The van der Waals surface area contributed by atoms with Gasteiger partial charge in [0.1, 0.15) is 11.4 Å². The molecule has 0 aromatic heterocycles. The third kappa shape index (κ3) is 2.95. The fourth-order valence-corrected chi connectivity index (χ4v) is 1.56. The van der Waals surface area contributed by atoms with Gasteiger partial charge in [0.05, 0.1) is 5.92 Å². The number of halogens is 2. The van der Waals surface area contributed by atoms with Gasteiger partial charge < -0.3 is 14.9 Å². The zero-order valence-electron chi connectivity index (χ0n) is 9.93. The highest BCUT2D eigenvalue weighted by Crippen LogP contribution is 2.36. The number of rotatable bonds is 5. The van der Waals surface area contributed by atoms with Crippen LogP contribution in [0.4, 0.5) is 8.78 Å². The van der Waals surface area contributed by atoms with Gasteiger partial charge in [0.2, 0.25) is 0 Å². The minimum atomic E-state index is -3.04. The molecular weight excluding hydrogens is 246 g/mol. The summed E-state index contributed by atoms with van der Waals surface area (Å²) in [6.45, 7) is -0.497. The van der Waals surface area contributed by atoms with Gasteiger partial charge in [-0.25, -0.2) is 0 Å². The highest BCUT2D eigenvalue weighted by Gasteiger charge is 2.37. The van der Waals surface area contributed by atoms with Crippen molar-refractivity contribution in [2.24, 2.45) is 5.92 Å². The van der Waals surface area contributed by atoms with E-state index >= 15 is 0 Å². The van der Waals surface area contributed by atoms with E-state index in [4.69, 9.17) is 5.11 Å². The maximum absolute atomic E-state index is 12.2. The van der Waals surface area contributed by atoms with Crippen LogP contribution in [0.1, 0.15) is 19.4 Å². The molecule has 0 amide bonds. The third-order valence-electron chi connectivity index (χ3n) is 2.86. The Hall–Kier alpha value is -1.69. The molecule has 0 aliphatic heterocycles. The van der Waals surface area contributed by atoms with E-state index in [1.807, 2.05) is 0 Å². The molecule has 0 saturated heterocycles. The van der Waals surface area contributed by atoms with Crippen LogP contribution in [0.5, 0.6) is 5.75 Å². The molecule has 0 bridgehead atoms. The number of carboxylic acid groups (broad SMARTS) is 1. The summed E-state index contributed by atoms with van der Waals surface area (Å²) in [5, 5.41) is 19.1. The van der Waals surface area contributed by atoms with Crippen LogP contribution in [-0.2, 0) is 10.4 Å². The maximum Gasteiger partial charge on any atom is 0.387 e. The lowest BCUT2D eigenvalue weighted by Crippen LogP contribution is -2.35. The van der Waals surface area contributed by atoms with Gasteiger partial charge in [-0.2, -0.15) is 8.78 Å². The molecule has 2 N–H and O–H groups in total. The molecule has 100 valence electrons. The zero-order valence-corrected chi connectivity index (χ0v) is 9.93. The number of carbonyl (C=O) groups is 1. The van der Waals surface area contributed by atoms with Gasteiger partial charge in [-0.05, 0) is 19.9 Å². The summed E-state index contributed by atoms with van der Waals surface area (Å²) >= 11 is 0. The molecule has 0 aliphatic rings. The lowest BCUT2D eigenvalue weighted by atomic mass is 9.83. The van der Waals surface area contributed by atoms with E-state index < -0.39 is 24.1 Å². The molecule has 1 aromatic rings. The van der Waals surface area contributed by atoms with Gasteiger partial charge in [-0.15, -0.1) is 0 Å². The van der Waals surface area contributed by atoms with Gasteiger partial charge >= 0.3 is 12.6 Å². The Bertz CT molecular complexity index is 432. The minimum Gasteiger partial charge on any atom is -0.481 e. The molecule has 6 heteroatoms.